The standard InChI is InChI=1S/C17H17.C7H7.2ClH.H2N.Ti/c1-12(2)11-17-15-9-5-3-7-13(15)14-8-4-6-10-16(14)17;1-7-5-3-2-4-6-7;;;;/h3-10,17H,11H2,1-2H3;2-6H,1H2;2*1H;1H2;/q2*-1;;;-1;+2/p-2. The van der Waals surface area contributed by atoms with Gasteiger partial charge < -0.3 is 12.1 Å². The zero-order valence-corrected chi connectivity index (χ0v) is 19.4. The molecule has 0 heterocycles. The Morgan fingerprint density at radius 2 is 1.18 bits per heavy atom. The number of halogens is 2. The van der Waals surface area contributed by atoms with Crippen LogP contribution < -0.4 is 0 Å². The van der Waals surface area contributed by atoms with Crippen molar-refractivity contribution in [2.75, 3.05) is 0 Å². The molecule has 28 heavy (non-hydrogen) atoms. The van der Waals surface area contributed by atoms with E-state index >= 15 is 0 Å². The monoisotopic (exact) mass is 446 g/mol. The number of hydrogen-bond donors (Lipinski definition) is 0. The van der Waals surface area contributed by atoms with Gasteiger partial charge in [0.05, 0.1) is 0 Å². The molecule has 148 valence electrons. The summed E-state index contributed by atoms with van der Waals surface area (Å²) >= 11 is -0.556. The third kappa shape index (κ3) is 6.99. The molecule has 0 radical (unpaired) electrons. The van der Waals surface area contributed by atoms with E-state index in [0.717, 1.165) is 12.0 Å². The van der Waals surface area contributed by atoms with Crippen LogP contribution in [0.2, 0.25) is 0 Å². The van der Waals surface area contributed by atoms with Crippen LogP contribution in [0.25, 0.3) is 17.3 Å². The fourth-order valence-corrected chi connectivity index (χ4v) is 3.37. The Bertz CT molecular complexity index is 776. The van der Waals surface area contributed by atoms with Crippen LogP contribution in [0.1, 0.15) is 42.9 Å². The molecule has 0 aromatic heterocycles. The van der Waals surface area contributed by atoms with Crippen molar-refractivity contribution >= 4 is 18.6 Å². The number of rotatable bonds is 2. The Morgan fingerprint density at radius 1 is 0.786 bits per heavy atom. The molecule has 4 rings (SSSR count). The van der Waals surface area contributed by atoms with Gasteiger partial charge in [-0.1, -0.05) is 54.6 Å². The molecule has 1 aliphatic rings. The smallest absolute Gasteiger partial charge is 0.693 e. The summed E-state index contributed by atoms with van der Waals surface area (Å²) < 4.78 is 0. The second-order valence-corrected chi connectivity index (χ2v) is 9.27. The molecule has 4 heteroatoms. The van der Waals surface area contributed by atoms with Gasteiger partial charge in [-0.15, -0.1) is 12.1 Å². The Hall–Kier alpha value is -1.22. The van der Waals surface area contributed by atoms with Crippen molar-refractivity contribution in [3.8, 4) is 11.1 Å². The van der Waals surface area contributed by atoms with E-state index in [1.54, 1.807) is 0 Å². The molecule has 0 aliphatic heterocycles. The van der Waals surface area contributed by atoms with E-state index in [2.05, 4.69) is 69.3 Å². The number of benzene rings is 3. The van der Waals surface area contributed by atoms with Gasteiger partial charge in [0.1, 0.15) is 0 Å². The third-order valence-electron chi connectivity index (χ3n) is 4.42. The van der Waals surface area contributed by atoms with Gasteiger partial charge in [0.2, 0.25) is 0 Å². The van der Waals surface area contributed by atoms with Crippen molar-refractivity contribution in [2.45, 2.75) is 26.2 Å². The Labute approximate surface area is 186 Å². The van der Waals surface area contributed by atoms with E-state index in [4.69, 9.17) is 18.6 Å². The third-order valence-corrected chi connectivity index (χ3v) is 4.42. The van der Waals surface area contributed by atoms with Gasteiger partial charge in [0, 0.05) is 0 Å². The molecule has 0 bridgehead atoms. The van der Waals surface area contributed by atoms with Crippen molar-refractivity contribution in [1.82, 2.24) is 0 Å². The van der Waals surface area contributed by atoms with Crippen LogP contribution in [0.4, 0.5) is 0 Å². The molecular formula is C24H26Cl2NTi-3. The van der Waals surface area contributed by atoms with Crippen molar-refractivity contribution < 1.29 is 17.0 Å². The summed E-state index contributed by atoms with van der Waals surface area (Å²) in [4.78, 5) is 0. The Morgan fingerprint density at radius 3 is 1.54 bits per heavy atom. The zero-order chi connectivity index (χ0) is 19.6. The second-order valence-electron chi connectivity index (χ2n) is 6.70. The minimum absolute atomic E-state index is 0. The molecule has 2 N–H and O–H groups in total. The van der Waals surface area contributed by atoms with E-state index in [-0.39, 0.29) is 6.15 Å². The Balaban J connectivity index is 0.000000300. The van der Waals surface area contributed by atoms with Crippen molar-refractivity contribution in [1.29, 1.82) is 0 Å². The first-order valence-corrected chi connectivity index (χ1v) is 13.2. The summed E-state index contributed by atoms with van der Waals surface area (Å²) in [6.07, 6.45) is 1.16. The largest absolute Gasteiger partial charge is 0.693 e. The zero-order valence-electron chi connectivity index (χ0n) is 16.3. The summed E-state index contributed by atoms with van der Waals surface area (Å²) in [5, 5.41) is 0. The normalized spacial score (nSPS) is 11.0. The number of fused-ring (bicyclic) bond motifs is 3. The molecule has 3 aromatic rings. The van der Waals surface area contributed by atoms with Crippen LogP contribution in [0.3, 0.4) is 0 Å². The minimum Gasteiger partial charge on any atom is -0.693 e. The van der Waals surface area contributed by atoms with Crippen LogP contribution in [-0.2, 0) is 17.0 Å². The van der Waals surface area contributed by atoms with Gasteiger partial charge >= 0.3 is 35.6 Å². The van der Waals surface area contributed by atoms with Gasteiger partial charge in [-0.05, 0) is 28.2 Å². The van der Waals surface area contributed by atoms with Crippen LogP contribution in [0.15, 0.2) is 78.9 Å². The van der Waals surface area contributed by atoms with Gasteiger partial charge in [0.25, 0.3) is 0 Å². The van der Waals surface area contributed by atoms with Gasteiger partial charge in [-0.25, -0.2) is 0 Å². The summed E-state index contributed by atoms with van der Waals surface area (Å²) in [6, 6.07) is 27.5. The molecule has 1 nitrogen and oxygen atoms in total. The molecule has 0 atom stereocenters. The maximum Gasteiger partial charge on any atom is -0.693 e. The Kier molecular flexibility index (Phi) is 11.6. The molecular weight excluding hydrogens is 421 g/mol. The predicted octanol–water partition coefficient (Wildman–Crippen LogP) is 8.77. The van der Waals surface area contributed by atoms with Gasteiger partial charge in [0.15, 0.2) is 0 Å². The van der Waals surface area contributed by atoms with E-state index in [9.17, 15) is 0 Å². The summed E-state index contributed by atoms with van der Waals surface area (Å²) in [5.41, 5.74) is 6.91. The fraction of sp³-hybridized carbons (Fsp3) is 0.167. The van der Waals surface area contributed by atoms with Crippen LogP contribution >= 0.6 is 18.6 Å². The molecule has 0 saturated carbocycles. The summed E-state index contributed by atoms with van der Waals surface area (Å²) in [5.74, 6) is 2.06. The van der Waals surface area contributed by atoms with E-state index in [0.29, 0.717) is 5.92 Å². The predicted molar refractivity (Wildman–Crippen MR) is 121 cm³/mol. The fourth-order valence-electron chi connectivity index (χ4n) is 3.37. The maximum atomic E-state index is 4.89. The first-order chi connectivity index (χ1) is 13.1. The van der Waals surface area contributed by atoms with E-state index < -0.39 is 17.0 Å². The van der Waals surface area contributed by atoms with Crippen molar-refractivity contribution in [3.63, 3.8) is 0 Å². The summed E-state index contributed by atoms with van der Waals surface area (Å²) in [7, 11) is 9.78. The first-order valence-electron chi connectivity index (χ1n) is 8.89. The molecule has 0 unspecified atom stereocenters. The van der Waals surface area contributed by atoms with Crippen LogP contribution in [-0.4, -0.2) is 0 Å². The van der Waals surface area contributed by atoms with Crippen LogP contribution in [0, 0.1) is 12.8 Å². The summed E-state index contributed by atoms with van der Waals surface area (Å²) in [6.45, 7) is 8.17. The van der Waals surface area contributed by atoms with Crippen LogP contribution in [0.5, 0.6) is 0 Å². The molecule has 3 aromatic carbocycles. The number of hydrogen-bond acceptors (Lipinski definition) is 0. The molecule has 0 spiro atoms. The molecule has 0 fully saturated rings. The minimum atomic E-state index is -0.556. The first kappa shape index (κ1) is 24.8. The molecule has 0 saturated heterocycles. The average molecular weight is 447 g/mol. The quantitative estimate of drug-likeness (QED) is 0.278. The topological polar surface area (TPSA) is 33.5 Å². The van der Waals surface area contributed by atoms with Crippen molar-refractivity contribution in [3.05, 3.63) is 115 Å². The number of nitrogens with two attached hydrogens (primary N) is 1. The maximum absolute atomic E-state index is 4.89. The van der Waals surface area contributed by atoms with E-state index in [1.807, 2.05) is 30.3 Å². The molecule has 1 aliphatic carbocycles. The second kappa shape index (κ2) is 13.1. The van der Waals surface area contributed by atoms with Crippen molar-refractivity contribution in [2.24, 2.45) is 0 Å². The van der Waals surface area contributed by atoms with Gasteiger partial charge in [-0.3, -0.25) is 0 Å². The van der Waals surface area contributed by atoms with Gasteiger partial charge in [-0.2, -0.15) is 44.9 Å². The SMILES string of the molecule is C[C-](C)CC1c2ccccc2-c2ccccc21.[CH2-]c1ccccc1.[Cl][Ti][Cl].[NH2-]. The average Bonchev–Trinajstić information content (AvgIpc) is 2.98. The molecule has 0 amide bonds. The van der Waals surface area contributed by atoms with E-state index in [1.165, 1.54) is 28.2 Å².